The van der Waals surface area contributed by atoms with Crippen LogP contribution >= 0.6 is 20.7 Å². The lowest BCUT2D eigenvalue weighted by Gasteiger charge is -2.26. The van der Waals surface area contributed by atoms with Crippen LogP contribution in [0.2, 0.25) is 0 Å². The van der Waals surface area contributed by atoms with Crippen molar-refractivity contribution in [1.82, 2.24) is 9.96 Å². The number of likely N-dealkylation sites (N-methyl/N-ethyl adjacent to an activating group) is 1. The molecule has 0 bridgehead atoms. The van der Waals surface area contributed by atoms with Crippen molar-refractivity contribution >= 4 is 20.7 Å². The molecule has 0 spiro atoms. The number of hydrogen-bond donors (Lipinski definition) is 1. The summed E-state index contributed by atoms with van der Waals surface area (Å²) >= 11 is 0. The first-order valence-electron chi connectivity index (χ1n) is 3.46. The van der Waals surface area contributed by atoms with Gasteiger partial charge < -0.3 is 4.90 Å². The van der Waals surface area contributed by atoms with E-state index in [9.17, 15) is 4.57 Å². The lowest BCUT2D eigenvalue weighted by molar-refractivity contribution is -0.0860. The van der Waals surface area contributed by atoms with E-state index in [1.54, 1.807) is 0 Å². The topological polar surface area (TPSA) is 53.0 Å². The molecule has 1 aliphatic rings. The lowest BCUT2D eigenvalue weighted by atomic mass is 10.4. The zero-order valence-electron chi connectivity index (χ0n) is 6.84. The molecule has 1 N–H and O–H groups in total. The zero-order chi connectivity index (χ0) is 8.27. The van der Waals surface area contributed by atoms with Gasteiger partial charge in [-0.05, 0) is 11.7 Å². The van der Waals surface area contributed by atoms with Crippen molar-refractivity contribution in [2.24, 2.45) is 0 Å². The van der Waals surface area contributed by atoms with E-state index in [1.807, 2.05) is 7.05 Å². The molecule has 1 unspecified atom stereocenters. The van der Waals surface area contributed by atoms with Gasteiger partial charge in [0.1, 0.15) is 0 Å². The molecule has 1 aliphatic heterocycles. The third-order valence-corrected chi connectivity index (χ3v) is 2.02. The van der Waals surface area contributed by atoms with Gasteiger partial charge in [-0.2, -0.15) is 0 Å². The fourth-order valence-corrected chi connectivity index (χ4v) is 1.33. The Balaban J connectivity index is 0.00000121. The highest BCUT2D eigenvalue weighted by Gasteiger charge is 2.23. The maximum Gasteiger partial charge on any atom is 0.713 e. The van der Waals surface area contributed by atoms with Crippen molar-refractivity contribution in [3.63, 3.8) is 0 Å². The molecule has 0 aromatic rings. The first-order valence-corrected chi connectivity index (χ1v) is 4.59. The third-order valence-electron chi connectivity index (χ3n) is 1.65. The van der Waals surface area contributed by atoms with Crippen molar-refractivity contribution in [2.45, 2.75) is 0 Å². The summed E-state index contributed by atoms with van der Waals surface area (Å²) in [5, 5.41) is 1.53. The zero-order valence-corrected chi connectivity index (χ0v) is 8.55. The molecule has 0 radical (unpaired) electrons. The summed E-state index contributed by atoms with van der Waals surface area (Å²) in [6.07, 6.45) is 0. The fraction of sp³-hybridized carbons (Fsp3) is 1.00. The van der Waals surface area contributed by atoms with Crippen molar-refractivity contribution < 1.29 is 14.1 Å². The molecule has 12 heavy (non-hydrogen) atoms. The van der Waals surface area contributed by atoms with Gasteiger partial charge in [-0.3, -0.25) is 0 Å². The van der Waals surface area contributed by atoms with Crippen LogP contribution in [0.3, 0.4) is 0 Å². The molecule has 0 aliphatic carbocycles. The van der Waals surface area contributed by atoms with E-state index in [0.717, 1.165) is 13.1 Å². The summed E-state index contributed by atoms with van der Waals surface area (Å²) in [6, 6.07) is 0. The standard InChI is InChI=1S/C5H11N2O3P.ClH/c1-6-2-4-7(5-3-6)10-11(8)9;/h2-5H2,1H3;1H/p+1. The Labute approximate surface area is 78.6 Å². The van der Waals surface area contributed by atoms with Gasteiger partial charge >= 0.3 is 8.25 Å². The summed E-state index contributed by atoms with van der Waals surface area (Å²) in [7, 11) is -0.470. The number of hydrogen-bond acceptors (Lipinski definition) is 4. The van der Waals surface area contributed by atoms with Crippen LogP contribution in [0.15, 0.2) is 0 Å². The molecule has 72 valence electrons. The normalized spacial score (nSPS) is 21.7. The van der Waals surface area contributed by atoms with Crippen LogP contribution in [-0.2, 0) is 9.19 Å². The Morgan fingerprint density at radius 2 is 1.83 bits per heavy atom. The first-order chi connectivity index (χ1) is 5.18. The van der Waals surface area contributed by atoms with Crippen LogP contribution < -0.4 is 0 Å². The number of halogens is 1. The molecule has 0 saturated carbocycles. The molecule has 0 aromatic carbocycles. The second kappa shape index (κ2) is 5.80. The molecule has 0 amide bonds. The predicted molar refractivity (Wildman–Crippen MR) is 47.2 cm³/mol. The van der Waals surface area contributed by atoms with Crippen LogP contribution in [0, 0.1) is 0 Å². The largest absolute Gasteiger partial charge is 0.713 e. The highest BCUT2D eigenvalue weighted by atomic mass is 35.5. The Bertz CT molecular complexity index is 152. The van der Waals surface area contributed by atoms with Gasteiger partial charge in [-0.25, -0.2) is 0 Å². The maximum absolute atomic E-state index is 10.2. The smallest absolute Gasteiger partial charge is 0.304 e. The summed E-state index contributed by atoms with van der Waals surface area (Å²) in [5.74, 6) is 0. The van der Waals surface area contributed by atoms with Crippen molar-refractivity contribution in [2.75, 3.05) is 33.2 Å². The number of rotatable bonds is 2. The van der Waals surface area contributed by atoms with Gasteiger partial charge in [-0.1, -0.05) is 0 Å². The number of hydroxylamine groups is 2. The van der Waals surface area contributed by atoms with Crippen LogP contribution in [-0.4, -0.2) is 48.1 Å². The molecule has 0 aromatic heterocycles. The van der Waals surface area contributed by atoms with Crippen LogP contribution in [0.5, 0.6) is 0 Å². The second-order valence-corrected chi connectivity index (χ2v) is 3.19. The molecule has 1 atom stereocenters. The first kappa shape index (κ1) is 12.2. The average Bonchev–Trinajstić information content (AvgIpc) is 1.93. The summed E-state index contributed by atoms with van der Waals surface area (Å²) < 4.78 is 14.8. The molecule has 5 nitrogen and oxygen atoms in total. The van der Waals surface area contributed by atoms with Gasteiger partial charge in [-0.15, -0.1) is 22.4 Å². The lowest BCUT2D eigenvalue weighted by Crippen LogP contribution is -2.43. The SMILES string of the molecule is CN1CCN(O[P+](=O)O)CC1.Cl. The van der Waals surface area contributed by atoms with E-state index in [0.29, 0.717) is 13.1 Å². The Morgan fingerprint density at radius 1 is 1.33 bits per heavy atom. The van der Waals surface area contributed by atoms with E-state index in [4.69, 9.17) is 4.89 Å². The third kappa shape index (κ3) is 4.30. The van der Waals surface area contributed by atoms with E-state index in [2.05, 4.69) is 9.52 Å². The van der Waals surface area contributed by atoms with Gasteiger partial charge in [0.25, 0.3) is 0 Å². The molecule has 1 heterocycles. The molecule has 1 saturated heterocycles. The maximum atomic E-state index is 10.2. The average molecular weight is 216 g/mol. The monoisotopic (exact) mass is 215 g/mol. The summed E-state index contributed by atoms with van der Waals surface area (Å²) in [4.78, 5) is 10.5. The minimum Gasteiger partial charge on any atom is -0.304 e. The highest BCUT2D eigenvalue weighted by molar-refractivity contribution is 7.32. The van der Waals surface area contributed by atoms with Crippen molar-refractivity contribution in [3.8, 4) is 0 Å². The Morgan fingerprint density at radius 3 is 2.25 bits per heavy atom. The van der Waals surface area contributed by atoms with E-state index in [1.165, 1.54) is 5.06 Å². The van der Waals surface area contributed by atoms with Crippen LogP contribution in [0.4, 0.5) is 0 Å². The molecule has 1 rings (SSSR count). The molecular formula is C5H13ClN2O3P+. The predicted octanol–water partition coefficient (Wildman–Crippen LogP) is 0.237. The van der Waals surface area contributed by atoms with Gasteiger partial charge in [0.2, 0.25) is 0 Å². The van der Waals surface area contributed by atoms with Crippen LogP contribution in [0.1, 0.15) is 0 Å². The minimum atomic E-state index is -2.48. The second-order valence-electron chi connectivity index (χ2n) is 2.55. The van der Waals surface area contributed by atoms with Crippen molar-refractivity contribution in [3.05, 3.63) is 0 Å². The molecule has 7 heteroatoms. The van der Waals surface area contributed by atoms with Gasteiger partial charge in [0.05, 0.1) is 0 Å². The van der Waals surface area contributed by atoms with Gasteiger partial charge in [0.15, 0.2) is 0 Å². The molecule has 1 fully saturated rings. The quantitative estimate of drug-likeness (QED) is 0.669. The highest BCUT2D eigenvalue weighted by Crippen LogP contribution is 2.18. The minimum absolute atomic E-state index is 0. The molecular weight excluding hydrogens is 202 g/mol. The van der Waals surface area contributed by atoms with E-state index in [-0.39, 0.29) is 12.4 Å². The van der Waals surface area contributed by atoms with Crippen LogP contribution in [0.25, 0.3) is 0 Å². The van der Waals surface area contributed by atoms with Gasteiger partial charge in [0, 0.05) is 30.7 Å². The summed E-state index contributed by atoms with van der Waals surface area (Å²) in [6.45, 7) is 3.14. The van der Waals surface area contributed by atoms with E-state index < -0.39 is 8.25 Å². The van der Waals surface area contributed by atoms with E-state index >= 15 is 0 Å². The van der Waals surface area contributed by atoms with Crippen molar-refractivity contribution in [1.29, 1.82) is 0 Å². The Hall–Kier alpha value is 0.230. The number of nitrogens with zero attached hydrogens (tertiary/aromatic N) is 2. The fourth-order valence-electron chi connectivity index (χ4n) is 0.969. The summed E-state index contributed by atoms with van der Waals surface area (Å²) in [5.41, 5.74) is 0. The Kier molecular flexibility index (Phi) is 5.92. The number of piperazine rings is 1.